The monoisotopic (exact) mass is 326 g/mol. The van der Waals surface area contributed by atoms with E-state index < -0.39 is 0 Å². The average Bonchev–Trinajstić information content (AvgIpc) is 3.23. The number of aromatic nitrogens is 5. The summed E-state index contributed by atoms with van der Waals surface area (Å²) in [5.41, 5.74) is 1.11. The van der Waals surface area contributed by atoms with Crippen LogP contribution >= 0.6 is 0 Å². The molecular weight excluding hydrogens is 311 g/mol. The first kappa shape index (κ1) is 14.7. The molecule has 0 radical (unpaired) electrons. The van der Waals surface area contributed by atoms with Gasteiger partial charge in [0.15, 0.2) is 17.2 Å². The first-order valence-electron chi connectivity index (χ1n) is 7.81. The second-order valence-corrected chi connectivity index (χ2v) is 5.84. The van der Waals surface area contributed by atoms with Gasteiger partial charge in [-0.25, -0.2) is 4.39 Å². The third kappa shape index (κ3) is 2.70. The highest BCUT2D eigenvalue weighted by Crippen LogP contribution is 2.26. The third-order valence-electron chi connectivity index (χ3n) is 4.31. The SMILES string of the molecule is O=C(C[C@H]1CCCN1c1ccc2nnnn2n1)c1ccc(F)cc1. The number of nitrogens with zero attached hydrogens (tertiary/aromatic N) is 6. The average molecular weight is 326 g/mol. The molecule has 3 aromatic rings. The predicted octanol–water partition coefficient (Wildman–Crippen LogP) is 1.90. The van der Waals surface area contributed by atoms with Gasteiger partial charge in [-0.15, -0.1) is 14.8 Å². The van der Waals surface area contributed by atoms with Crippen molar-refractivity contribution in [2.75, 3.05) is 11.4 Å². The molecule has 24 heavy (non-hydrogen) atoms. The van der Waals surface area contributed by atoms with Gasteiger partial charge in [-0.2, -0.15) is 0 Å². The Morgan fingerprint density at radius 2 is 2.04 bits per heavy atom. The Balaban J connectivity index is 1.53. The summed E-state index contributed by atoms with van der Waals surface area (Å²) in [4.78, 5) is 14.6. The summed E-state index contributed by atoms with van der Waals surface area (Å²) in [6, 6.07) is 9.43. The number of Topliss-reactive ketones (excluding diaryl/α,β-unsaturated/α-hetero) is 1. The molecule has 3 heterocycles. The molecule has 0 unspecified atom stereocenters. The lowest BCUT2D eigenvalue weighted by molar-refractivity contribution is 0.0974. The molecule has 7 nitrogen and oxygen atoms in total. The molecule has 1 fully saturated rings. The van der Waals surface area contributed by atoms with E-state index in [1.165, 1.54) is 28.9 Å². The van der Waals surface area contributed by atoms with Gasteiger partial charge >= 0.3 is 0 Å². The van der Waals surface area contributed by atoms with Gasteiger partial charge in [-0.3, -0.25) is 4.79 Å². The molecule has 1 aliphatic heterocycles. The van der Waals surface area contributed by atoms with Gasteiger partial charge in [0.2, 0.25) is 0 Å². The molecular formula is C16H15FN6O. The molecule has 1 aromatic carbocycles. The van der Waals surface area contributed by atoms with Gasteiger partial charge in [0, 0.05) is 24.6 Å². The smallest absolute Gasteiger partial charge is 0.200 e. The number of hydrogen-bond acceptors (Lipinski definition) is 6. The minimum absolute atomic E-state index is 0.00963. The van der Waals surface area contributed by atoms with E-state index in [0.29, 0.717) is 17.6 Å². The topological polar surface area (TPSA) is 76.3 Å². The summed E-state index contributed by atoms with van der Waals surface area (Å²) in [6.45, 7) is 0.835. The minimum Gasteiger partial charge on any atom is -0.352 e. The van der Waals surface area contributed by atoms with Crippen molar-refractivity contribution >= 4 is 17.2 Å². The van der Waals surface area contributed by atoms with Crippen molar-refractivity contribution < 1.29 is 9.18 Å². The molecule has 1 saturated heterocycles. The van der Waals surface area contributed by atoms with Crippen LogP contribution in [0.15, 0.2) is 36.4 Å². The number of carbonyl (C=O) groups is 1. The Bertz CT molecular complexity index is 878. The maximum absolute atomic E-state index is 13.0. The molecule has 8 heteroatoms. The molecule has 122 valence electrons. The predicted molar refractivity (Wildman–Crippen MR) is 84.3 cm³/mol. The zero-order chi connectivity index (χ0) is 16.5. The number of hydrogen-bond donors (Lipinski definition) is 0. The molecule has 0 amide bonds. The van der Waals surface area contributed by atoms with Crippen LogP contribution in [0.2, 0.25) is 0 Å². The molecule has 0 N–H and O–H groups in total. The first-order chi connectivity index (χ1) is 11.7. The van der Waals surface area contributed by atoms with Crippen LogP contribution < -0.4 is 4.90 Å². The zero-order valence-electron chi connectivity index (χ0n) is 12.8. The van der Waals surface area contributed by atoms with Crippen LogP contribution in [0.25, 0.3) is 5.65 Å². The summed E-state index contributed by atoms with van der Waals surface area (Å²) in [5.74, 6) is 0.424. The minimum atomic E-state index is -0.340. The fraction of sp³-hybridized carbons (Fsp3) is 0.312. The van der Waals surface area contributed by atoms with E-state index in [9.17, 15) is 9.18 Å². The van der Waals surface area contributed by atoms with Crippen LogP contribution in [0, 0.1) is 5.82 Å². The van der Waals surface area contributed by atoms with E-state index in [-0.39, 0.29) is 17.6 Å². The molecule has 0 bridgehead atoms. The number of carbonyl (C=O) groups excluding carboxylic acids is 1. The normalized spacial score (nSPS) is 17.5. The second kappa shape index (κ2) is 5.95. The third-order valence-corrected chi connectivity index (χ3v) is 4.31. The van der Waals surface area contributed by atoms with E-state index in [1.807, 2.05) is 6.07 Å². The largest absolute Gasteiger partial charge is 0.352 e. The van der Waals surface area contributed by atoms with E-state index >= 15 is 0 Å². The molecule has 1 aliphatic rings. The Hall–Kier alpha value is -2.90. The van der Waals surface area contributed by atoms with Crippen LogP contribution in [0.3, 0.4) is 0 Å². The lowest BCUT2D eigenvalue weighted by atomic mass is 10.0. The second-order valence-electron chi connectivity index (χ2n) is 5.84. The van der Waals surface area contributed by atoms with E-state index in [2.05, 4.69) is 25.5 Å². The highest BCUT2D eigenvalue weighted by Gasteiger charge is 2.28. The molecule has 0 saturated carbocycles. The number of halogens is 1. The van der Waals surface area contributed by atoms with Crippen LogP contribution in [-0.2, 0) is 0 Å². The molecule has 1 atom stereocenters. The number of ketones is 1. The number of tetrazole rings is 1. The summed E-state index contributed by atoms with van der Waals surface area (Å²) < 4.78 is 14.4. The van der Waals surface area contributed by atoms with Crippen molar-refractivity contribution in [2.45, 2.75) is 25.3 Å². The number of anilines is 1. The van der Waals surface area contributed by atoms with Crippen molar-refractivity contribution in [3.63, 3.8) is 0 Å². The van der Waals surface area contributed by atoms with Gasteiger partial charge in [0.05, 0.1) is 0 Å². The Morgan fingerprint density at radius 3 is 2.88 bits per heavy atom. The maximum atomic E-state index is 13.0. The van der Waals surface area contributed by atoms with E-state index in [0.717, 1.165) is 25.2 Å². The summed E-state index contributed by atoms with van der Waals surface area (Å²) in [6.07, 6.45) is 2.29. The van der Waals surface area contributed by atoms with Gasteiger partial charge in [-0.05, 0) is 59.7 Å². The standard InChI is InChI=1S/C16H15FN6O/c17-12-5-3-11(4-6-12)14(24)10-13-2-1-9-22(13)16-8-7-15-18-20-21-23(15)19-16/h3-8,13H,1-2,9-10H2/t13-/m1/s1. The molecule has 0 aliphatic carbocycles. The van der Waals surface area contributed by atoms with E-state index in [4.69, 9.17) is 0 Å². The van der Waals surface area contributed by atoms with Crippen LogP contribution in [0.4, 0.5) is 10.2 Å². The zero-order valence-corrected chi connectivity index (χ0v) is 12.8. The van der Waals surface area contributed by atoms with Gasteiger partial charge in [0.1, 0.15) is 5.82 Å². The highest BCUT2D eigenvalue weighted by atomic mass is 19.1. The highest BCUT2D eigenvalue weighted by molar-refractivity contribution is 5.96. The number of benzene rings is 1. The van der Waals surface area contributed by atoms with Crippen molar-refractivity contribution in [1.82, 2.24) is 25.3 Å². The molecule has 0 spiro atoms. The fourth-order valence-corrected chi connectivity index (χ4v) is 3.11. The first-order valence-corrected chi connectivity index (χ1v) is 7.81. The lowest BCUT2D eigenvalue weighted by Crippen LogP contribution is -2.32. The quantitative estimate of drug-likeness (QED) is 0.682. The van der Waals surface area contributed by atoms with Crippen molar-refractivity contribution in [1.29, 1.82) is 0 Å². The molecule has 2 aromatic heterocycles. The number of fused-ring (bicyclic) bond motifs is 1. The van der Waals surface area contributed by atoms with Crippen LogP contribution in [0.1, 0.15) is 29.6 Å². The summed E-state index contributed by atoms with van der Waals surface area (Å²) in [5, 5.41) is 15.6. The van der Waals surface area contributed by atoms with Crippen LogP contribution in [0.5, 0.6) is 0 Å². The Kier molecular flexibility index (Phi) is 3.64. The van der Waals surface area contributed by atoms with Crippen LogP contribution in [-0.4, -0.2) is 43.6 Å². The van der Waals surface area contributed by atoms with Crippen molar-refractivity contribution in [2.24, 2.45) is 0 Å². The molecule has 4 rings (SSSR count). The maximum Gasteiger partial charge on any atom is 0.200 e. The lowest BCUT2D eigenvalue weighted by Gasteiger charge is -2.24. The van der Waals surface area contributed by atoms with Gasteiger partial charge < -0.3 is 4.90 Å². The summed E-state index contributed by atoms with van der Waals surface area (Å²) in [7, 11) is 0. The fourth-order valence-electron chi connectivity index (χ4n) is 3.11. The number of rotatable bonds is 4. The van der Waals surface area contributed by atoms with Crippen molar-refractivity contribution in [3.05, 3.63) is 47.8 Å². The van der Waals surface area contributed by atoms with E-state index in [1.54, 1.807) is 6.07 Å². The Labute approximate surface area is 137 Å². The van der Waals surface area contributed by atoms with Gasteiger partial charge in [-0.1, -0.05) is 0 Å². The Morgan fingerprint density at radius 1 is 1.21 bits per heavy atom. The van der Waals surface area contributed by atoms with Gasteiger partial charge in [0.25, 0.3) is 0 Å². The van der Waals surface area contributed by atoms with Crippen molar-refractivity contribution in [3.8, 4) is 0 Å². The summed E-state index contributed by atoms with van der Waals surface area (Å²) >= 11 is 0.